The lowest BCUT2D eigenvalue weighted by molar-refractivity contribution is -0.171. The number of hydrogen-bond donors (Lipinski definition) is 1. The summed E-state index contributed by atoms with van der Waals surface area (Å²) >= 11 is 12.2. The number of aryl methyl sites for hydroxylation is 1. The van der Waals surface area contributed by atoms with Crippen molar-refractivity contribution in [3.8, 4) is 11.8 Å². The van der Waals surface area contributed by atoms with E-state index in [1.807, 2.05) is 11.5 Å². The van der Waals surface area contributed by atoms with Crippen LogP contribution < -0.4 is 14.4 Å². The van der Waals surface area contributed by atoms with Crippen LogP contribution >= 0.6 is 23.2 Å². The van der Waals surface area contributed by atoms with E-state index in [-0.39, 0.29) is 24.2 Å². The van der Waals surface area contributed by atoms with Gasteiger partial charge in [-0.25, -0.2) is 9.78 Å². The summed E-state index contributed by atoms with van der Waals surface area (Å²) in [5, 5.41) is 11.5. The zero-order chi connectivity index (χ0) is 27.2. The van der Waals surface area contributed by atoms with Gasteiger partial charge in [0.2, 0.25) is 11.8 Å². The average molecular weight is 573 g/mol. The zero-order valence-electron chi connectivity index (χ0n) is 20.2. The molecule has 3 aliphatic rings. The Hall–Kier alpha value is -3.07. The fraction of sp³-hybridized carbons (Fsp3) is 0.545. The number of carbonyl (C=O) groups excluding carboxylic acids is 3. The number of piperazine rings is 1. The first-order valence-electron chi connectivity index (χ1n) is 11.8. The highest BCUT2D eigenvalue weighted by Gasteiger charge is 2.47. The molecule has 2 unspecified atom stereocenters. The lowest BCUT2D eigenvalue weighted by Gasteiger charge is -2.40. The lowest BCUT2D eigenvalue weighted by atomic mass is 9.95. The Labute approximate surface area is 225 Å². The molecule has 4 bridgehead atoms. The Morgan fingerprint density at radius 3 is 2.42 bits per heavy atom. The van der Waals surface area contributed by atoms with E-state index in [4.69, 9.17) is 37.4 Å². The van der Waals surface area contributed by atoms with Gasteiger partial charge in [0.15, 0.2) is 17.0 Å². The highest BCUT2D eigenvalue weighted by atomic mass is 35.5. The van der Waals surface area contributed by atoms with Crippen molar-refractivity contribution >= 4 is 47.1 Å². The third-order valence-electron chi connectivity index (χ3n) is 6.54. The fourth-order valence-corrected chi connectivity index (χ4v) is 5.04. The normalized spacial score (nSPS) is 23.8. The maximum Gasteiger partial charge on any atom is 0.346 e. The summed E-state index contributed by atoms with van der Waals surface area (Å²) in [7, 11) is 0. The van der Waals surface area contributed by atoms with Crippen LogP contribution in [0, 0.1) is 12.7 Å². The van der Waals surface area contributed by atoms with Crippen LogP contribution in [0.3, 0.4) is 0 Å². The summed E-state index contributed by atoms with van der Waals surface area (Å²) < 4.78 is 32.1. The van der Waals surface area contributed by atoms with Crippen LogP contribution in [0.15, 0.2) is 0 Å². The van der Waals surface area contributed by atoms with Gasteiger partial charge in [0.25, 0.3) is 11.8 Å². The van der Waals surface area contributed by atoms with Crippen molar-refractivity contribution in [3.63, 3.8) is 0 Å². The van der Waals surface area contributed by atoms with Gasteiger partial charge < -0.3 is 28.8 Å². The molecule has 2 atom stereocenters. The Balaban J connectivity index is 1.34. The molecule has 0 spiro atoms. The van der Waals surface area contributed by atoms with Crippen LogP contribution in [0.1, 0.15) is 31.5 Å². The van der Waals surface area contributed by atoms with Crippen LogP contribution in [0.4, 0.5) is 10.3 Å². The van der Waals surface area contributed by atoms with Gasteiger partial charge in [-0.1, -0.05) is 23.2 Å². The van der Waals surface area contributed by atoms with Crippen molar-refractivity contribution in [2.75, 3.05) is 31.1 Å². The van der Waals surface area contributed by atoms with Gasteiger partial charge in [0, 0.05) is 19.6 Å². The molecule has 0 aliphatic carbocycles. The van der Waals surface area contributed by atoms with Crippen LogP contribution in [0.2, 0.25) is 10.3 Å². The summed E-state index contributed by atoms with van der Waals surface area (Å²) in [6, 6.07) is 0. The van der Waals surface area contributed by atoms with Crippen molar-refractivity contribution < 1.29 is 38.1 Å². The molecule has 0 saturated carbocycles. The molecule has 16 heteroatoms. The number of nitrogens with zero attached hydrogens (tertiary/aromatic N) is 6. The van der Waals surface area contributed by atoms with Crippen LogP contribution in [0.25, 0.3) is 0 Å². The number of esters is 3. The number of carbonyl (C=O) groups is 3. The number of unbranched alkanes of at least 4 members (excludes halogenated alkanes) is 1. The second-order valence-electron chi connectivity index (χ2n) is 9.23. The summed E-state index contributed by atoms with van der Waals surface area (Å²) in [5.41, 5.74) is -2.64. The summed E-state index contributed by atoms with van der Waals surface area (Å²) in [4.78, 5) is 53.3. The summed E-state index contributed by atoms with van der Waals surface area (Å²) in [6.45, 7) is 4.12. The zero-order valence-corrected chi connectivity index (χ0v) is 21.7. The summed E-state index contributed by atoms with van der Waals surface area (Å²) in [6.07, 6.45) is -1.24. The molecule has 204 valence electrons. The highest BCUT2D eigenvalue weighted by Crippen LogP contribution is 2.33. The molecule has 0 amide bonds. The van der Waals surface area contributed by atoms with Gasteiger partial charge in [-0.15, -0.1) is 0 Å². The van der Waals surface area contributed by atoms with Crippen molar-refractivity contribution in [2.24, 2.45) is 0 Å². The minimum atomic E-state index is -2.64. The number of halogens is 3. The van der Waals surface area contributed by atoms with Crippen LogP contribution in [-0.2, 0) is 25.7 Å². The second-order valence-corrected chi connectivity index (χ2v) is 9.95. The molecule has 3 aliphatic heterocycles. The topological polar surface area (TPSA) is 149 Å². The van der Waals surface area contributed by atoms with E-state index in [2.05, 4.69) is 19.9 Å². The van der Waals surface area contributed by atoms with E-state index >= 15 is 0 Å². The number of anilines is 1. The molecule has 0 radical (unpaired) electrons. The molecule has 1 fully saturated rings. The van der Waals surface area contributed by atoms with Crippen molar-refractivity contribution in [1.29, 1.82) is 0 Å². The maximum atomic E-state index is 14.8. The number of rotatable bonds is 5. The Morgan fingerprint density at radius 1 is 1.03 bits per heavy atom. The first-order chi connectivity index (χ1) is 18.0. The third-order valence-corrected chi connectivity index (χ3v) is 7.28. The number of hydrogen-bond acceptors (Lipinski definition) is 12. The number of aromatic nitrogens is 4. The monoisotopic (exact) mass is 572 g/mol. The van der Waals surface area contributed by atoms with E-state index in [1.165, 1.54) is 4.90 Å². The first kappa shape index (κ1) is 26.5. The van der Waals surface area contributed by atoms with Crippen LogP contribution in [0.5, 0.6) is 11.8 Å². The van der Waals surface area contributed by atoms with E-state index in [0.717, 1.165) is 18.7 Å². The number of fused-ring (bicyclic) bond motifs is 6. The molecule has 0 aromatic carbocycles. The molecule has 5 rings (SSSR count). The van der Waals surface area contributed by atoms with Gasteiger partial charge in [0.1, 0.15) is 11.0 Å². The van der Waals surface area contributed by atoms with Gasteiger partial charge in [0.05, 0.1) is 19.4 Å². The molecule has 5 heterocycles. The van der Waals surface area contributed by atoms with E-state index in [1.54, 1.807) is 0 Å². The van der Waals surface area contributed by atoms with Gasteiger partial charge in [-0.05, 0) is 26.3 Å². The van der Waals surface area contributed by atoms with Crippen molar-refractivity contribution in [1.82, 2.24) is 24.4 Å². The van der Waals surface area contributed by atoms with Crippen LogP contribution in [-0.4, -0.2) is 85.4 Å². The molecular weight excluding hydrogens is 550 g/mol. The van der Waals surface area contributed by atoms with Gasteiger partial charge >= 0.3 is 17.9 Å². The number of imidazole rings is 1. The summed E-state index contributed by atoms with van der Waals surface area (Å²) in [5.74, 6) is -5.88. The average Bonchev–Trinajstić information content (AvgIpc) is 3.08. The molecule has 1 N–H and O–H groups in total. The molecule has 2 aromatic heterocycles. The second kappa shape index (κ2) is 10.2. The minimum Gasteiger partial charge on any atom is -0.440 e. The number of ether oxygens (including phenoxy) is 3. The van der Waals surface area contributed by atoms with Crippen molar-refractivity contribution in [2.45, 2.75) is 51.0 Å². The largest absolute Gasteiger partial charge is 0.440 e. The van der Waals surface area contributed by atoms with E-state index in [9.17, 15) is 23.9 Å². The van der Waals surface area contributed by atoms with Gasteiger partial charge in [-0.3, -0.25) is 14.5 Å². The smallest absolute Gasteiger partial charge is 0.346 e. The predicted octanol–water partition coefficient (Wildman–Crippen LogP) is 1.25. The maximum absolute atomic E-state index is 14.8. The Bertz CT molecular complexity index is 1310. The molecular formula is C22H23Cl2FN6O7. The fourth-order valence-electron chi connectivity index (χ4n) is 4.57. The highest BCUT2D eigenvalue weighted by molar-refractivity contribution is 6.40. The molecule has 2 aromatic rings. The van der Waals surface area contributed by atoms with E-state index < -0.39 is 60.2 Å². The Kier molecular flexibility index (Phi) is 7.15. The lowest BCUT2D eigenvalue weighted by Crippen LogP contribution is -2.56. The number of aliphatic hydroxyl groups is 1. The molecule has 1 saturated heterocycles. The molecule has 13 nitrogen and oxygen atoms in total. The first-order valence-corrected chi connectivity index (χ1v) is 12.6. The Morgan fingerprint density at radius 2 is 1.71 bits per heavy atom. The van der Waals surface area contributed by atoms with E-state index in [0.29, 0.717) is 24.8 Å². The predicted molar refractivity (Wildman–Crippen MR) is 127 cm³/mol. The standard InChI is InChI=1S/C22H23Cl2FN6O7/c1-11-26-16(23)17(24)30(11)5-3-2-4-29-6-7-31-12(10-29)36-13(32)8-22(35)9-14(33)37-18-15(25)19(38-20(22)34)28-21(31)27-18/h12,35H,2-10H2,1H3. The van der Waals surface area contributed by atoms with Crippen molar-refractivity contribution in [3.05, 3.63) is 21.9 Å². The van der Waals surface area contributed by atoms with Gasteiger partial charge in [-0.2, -0.15) is 14.4 Å². The third kappa shape index (κ3) is 5.13. The molecule has 38 heavy (non-hydrogen) atoms. The SMILES string of the molecule is Cc1nc(Cl)c(Cl)n1CCCCN1CCN2c3nc4c(F)c(n3)OC(=O)C(O)(CC(=O)O4)CC(=O)OC2C1. The quantitative estimate of drug-likeness (QED) is 0.405. The minimum absolute atomic E-state index is 0.163.